The van der Waals surface area contributed by atoms with Crippen molar-refractivity contribution in [3.63, 3.8) is 0 Å². The fraction of sp³-hybridized carbons (Fsp3) is 0.111. The number of benzene rings is 2. The molecular weight excluding hydrogens is 216 g/mol. The smallest absolute Gasteiger partial charge is 0.0157 e. The van der Waals surface area contributed by atoms with E-state index in [4.69, 9.17) is 0 Å². The second-order valence-corrected chi connectivity index (χ2v) is 4.75. The molecule has 0 amide bonds. The van der Waals surface area contributed by atoms with E-state index in [1.54, 1.807) is 0 Å². The summed E-state index contributed by atoms with van der Waals surface area (Å²) >= 11 is 0. The average molecular weight is 232 g/mol. The molecule has 88 valence electrons. The monoisotopic (exact) mass is 232 g/mol. The van der Waals surface area contributed by atoms with E-state index in [-0.39, 0.29) is 0 Å². The Balaban J connectivity index is 2.08. The highest BCUT2D eigenvalue weighted by Crippen LogP contribution is 2.24. The number of hydrogen-bond donors (Lipinski definition) is 0. The summed E-state index contributed by atoms with van der Waals surface area (Å²) in [6, 6.07) is 13.3. The van der Waals surface area contributed by atoms with Crippen LogP contribution in [0.3, 0.4) is 0 Å². The normalized spacial score (nSPS) is 14.6. The second kappa shape index (κ2) is 4.66. The van der Waals surface area contributed by atoms with Crippen molar-refractivity contribution < 1.29 is 0 Å². The molecule has 0 heteroatoms. The number of allylic oxidation sites excluding steroid dienone is 6. The zero-order valence-electron chi connectivity index (χ0n) is 10.6. The van der Waals surface area contributed by atoms with E-state index in [0.29, 0.717) is 0 Å². The topological polar surface area (TPSA) is 0 Å². The highest BCUT2D eigenvalue weighted by Gasteiger charge is 2.01. The summed E-state index contributed by atoms with van der Waals surface area (Å²) in [7, 11) is 0. The molecule has 1 aliphatic carbocycles. The standard InChI is InChI=1S/C18H16/c1-14-8-9-18-13-17(11-10-16(18)12-14)15-6-4-2-3-5-7-15/h2-4,6-13H,5H2,1H3. The fourth-order valence-corrected chi connectivity index (χ4v) is 2.34. The van der Waals surface area contributed by atoms with Crippen LogP contribution in [-0.2, 0) is 0 Å². The van der Waals surface area contributed by atoms with E-state index in [1.807, 2.05) is 0 Å². The zero-order chi connectivity index (χ0) is 12.4. The first-order valence-corrected chi connectivity index (χ1v) is 6.37. The lowest BCUT2D eigenvalue weighted by Gasteiger charge is -2.05. The van der Waals surface area contributed by atoms with Gasteiger partial charge in [-0.2, -0.15) is 0 Å². The van der Waals surface area contributed by atoms with Gasteiger partial charge < -0.3 is 0 Å². The summed E-state index contributed by atoms with van der Waals surface area (Å²) in [4.78, 5) is 0. The van der Waals surface area contributed by atoms with E-state index in [2.05, 4.69) is 73.7 Å². The molecular formula is C18H16. The first-order valence-electron chi connectivity index (χ1n) is 6.37. The van der Waals surface area contributed by atoms with Crippen LogP contribution in [0, 0.1) is 6.92 Å². The Hall–Kier alpha value is -2.08. The van der Waals surface area contributed by atoms with E-state index in [0.717, 1.165) is 6.42 Å². The van der Waals surface area contributed by atoms with Crippen LogP contribution >= 0.6 is 0 Å². The molecule has 0 saturated heterocycles. The summed E-state index contributed by atoms with van der Waals surface area (Å²) in [5.74, 6) is 0. The van der Waals surface area contributed by atoms with Crippen molar-refractivity contribution in [3.8, 4) is 0 Å². The number of aryl methyl sites for hydroxylation is 1. The minimum Gasteiger partial charge on any atom is -0.0807 e. The van der Waals surface area contributed by atoms with Crippen LogP contribution in [0.4, 0.5) is 0 Å². The zero-order valence-corrected chi connectivity index (χ0v) is 10.6. The molecule has 2 aromatic rings. The summed E-state index contributed by atoms with van der Waals surface area (Å²) < 4.78 is 0. The molecule has 0 N–H and O–H groups in total. The first kappa shape index (κ1) is 11.0. The third-order valence-corrected chi connectivity index (χ3v) is 3.33. The quantitative estimate of drug-likeness (QED) is 0.645. The molecule has 0 aliphatic heterocycles. The molecule has 0 unspecified atom stereocenters. The Morgan fingerprint density at radius 2 is 1.72 bits per heavy atom. The molecule has 0 saturated carbocycles. The molecule has 0 nitrogen and oxygen atoms in total. The molecule has 0 atom stereocenters. The highest BCUT2D eigenvalue weighted by atomic mass is 14.1. The Morgan fingerprint density at radius 3 is 2.67 bits per heavy atom. The van der Waals surface area contributed by atoms with Gasteiger partial charge in [-0.05, 0) is 41.3 Å². The average Bonchev–Trinajstić information content (AvgIpc) is 2.67. The van der Waals surface area contributed by atoms with Crippen LogP contribution in [0.25, 0.3) is 16.3 Å². The molecule has 0 spiro atoms. The van der Waals surface area contributed by atoms with Crippen molar-refractivity contribution in [3.05, 3.63) is 77.9 Å². The van der Waals surface area contributed by atoms with Gasteiger partial charge >= 0.3 is 0 Å². The van der Waals surface area contributed by atoms with E-state index in [1.165, 1.54) is 27.5 Å². The van der Waals surface area contributed by atoms with Gasteiger partial charge in [-0.25, -0.2) is 0 Å². The molecule has 0 aromatic heterocycles. The summed E-state index contributed by atoms with van der Waals surface area (Å²) in [6.45, 7) is 2.13. The van der Waals surface area contributed by atoms with Crippen LogP contribution in [0.1, 0.15) is 17.5 Å². The van der Waals surface area contributed by atoms with E-state index in [9.17, 15) is 0 Å². The van der Waals surface area contributed by atoms with E-state index < -0.39 is 0 Å². The maximum atomic E-state index is 2.27. The van der Waals surface area contributed by atoms with Crippen LogP contribution < -0.4 is 0 Å². The van der Waals surface area contributed by atoms with Gasteiger partial charge in [0.2, 0.25) is 0 Å². The van der Waals surface area contributed by atoms with Crippen LogP contribution in [-0.4, -0.2) is 0 Å². The van der Waals surface area contributed by atoms with Crippen molar-refractivity contribution >= 4 is 16.3 Å². The molecule has 18 heavy (non-hydrogen) atoms. The van der Waals surface area contributed by atoms with Gasteiger partial charge in [0.25, 0.3) is 0 Å². The lowest BCUT2D eigenvalue weighted by atomic mass is 9.99. The van der Waals surface area contributed by atoms with Gasteiger partial charge in [-0.1, -0.05) is 66.3 Å². The van der Waals surface area contributed by atoms with Gasteiger partial charge in [0, 0.05) is 0 Å². The Labute approximate surface area is 108 Å². The molecule has 0 fully saturated rings. The van der Waals surface area contributed by atoms with Crippen molar-refractivity contribution in [1.82, 2.24) is 0 Å². The Bertz CT molecular complexity index is 669. The van der Waals surface area contributed by atoms with Crippen molar-refractivity contribution in [1.29, 1.82) is 0 Å². The molecule has 0 heterocycles. The van der Waals surface area contributed by atoms with Crippen molar-refractivity contribution in [2.24, 2.45) is 0 Å². The summed E-state index contributed by atoms with van der Waals surface area (Å²) in [6.07, 6.45) is 11.8. The SMILES string of the molecule is Cc1ccc2cc(C3=CCC=CC=C3)ccc2c1. The second-order valence-electron chi connectivity index (χ2n) is 4.75. The van der Waals surface area contributed by atoms with Crippen LogP contribution in [0.15, 0.2) is 66.8 Å². The van der Waals surface area contributed by atoms with Gasteiger partial charge in [-0.15, -0.1) is 0 Å². The predicted octanol–water partition coefficient (Wildman–Crippen LogP) is 5.05. The maximum Gasteiger partial charge on any atom is -0.0157 e. The largest absolute Gasteiger partial charge is 0.0807 e. The van der Waals surface area contributed by atoms with Crippen LogP contribution in [0.2, 0.25) is 0 Å². The predicted molar refractivity (Wildman–Crippen MR) is 79.6 cm³/mol. The van der Waals surface area contributed by atoms with Crippen LogP contribution in [0.5, 0.6) is 0 Å². The van der Waals surface area contributed by atoms with Crippen molar-refractivity contribution in [2.75, 3.05) is 0 Å². The first-order chi connectivity index (χ1) is 8.83. The fourth-order valence-electron chi connectivity index (χ4n) is 2.34. The van der Waals surface area contributed by atoms with Gasteiger partial charge in [-0.3, -0.25) is 0 Å². The summed E-state index contributed by atoms with van der Waals surface area (Å²) in [5.41, 5.74) is 3.92. The number of hydrogen-bond acceptors (Lipinski definition) is 0. The third kappa shape index (κ3) is 2.14. The van der Waals surface area contributed by atoms with Gasteiger partial charge in [0.05, 0.1) is 0 Å². The lowest BCUT2D eigenvalue weighted by molar-refractivity contribution is 1.41. The van der Waals surface area contributed by atoms with Gasteiger partial charge in [0.1, 0.15) is 0 Å². The number of rotatable bonds is 1. The third-order valence-electron chi connectivity index (χ3n) is 3.33. The number of fused-ring (bicyclic) bond motifs is 1. The Kier molecular flexibility index (Phi) is 2.85. The minimum atomic E-state index is 1.01. The van der Waals surface area contributed by atoms with Crippen molar-refractivity contribution in [2.45, 2.75) is 13.3 Å². The summed E-state index contributed by atoms with van der Waals surface area (Å²) in [5, 5.41) is 2.62. The lowest BCUT2D eigenvalue weighted by Crippen LogP contribution is -1.82. The Morgan fingerprint density at radius 1 is 0.889 bits per heavy atom. The molecule has 2 aromatic carbocycles. The highest BCUT2D eigenvalue weighted by molar-refractivity contribution is 5.88. The molecule has 0 bridgehead atoms. The van der Waals surface area contributed by atoms with E-state index >= 15 is 0 Å². The minimum absolute atomic E-state index is 1.01. The molecule has 0 radical (unpaired) electrons. The molecule has 1 aliphatic rings. The molecule has 3 rings (SSSR count). The van der Waals surface area contributed by atoms with Gasteiger partial charge in [0.15, 0.2) is 0 Å². The maximum absolute atomic E-state index is 2.27.